The number of anilines is 1. The van der Waals surface area contributed by atoms with Crippen molar-refractivity contribution in [1.29, 1.82) is 0 Å². The molecule has 0 spiro atoms. The van der Waals surface area contributed by atoms with E-state index in [4.69, 9.17) is 19.3 Å². The zero-order chi connectivity index (χ0) is 43.6. The largest absolute Gasteiger partial charge is 0.497 e. The maximum atomic E-state index is 16.3. The van der Waals surface area contributed by atoms with Crippen molar-refractivity contribution < 1.29 is 36.6 Å². The summed E-state index contributed by atoms with van der Waals surface area (Å²) in [5.41, 5.74) is -0.113. The number of aromatic nitrogens is 5. The molecule has 11 nitrogen and oxygen atoms in total. The molecule has 0 radical (unpaired) electrons. The number of methoxy groups -OCH3 is 2. The van der Waals surface area contributed by atoms with Crippen LogP contribution in [0, 0.1) is 5.82 Å². The van der Waals surface area contributed by atoms with Crippen LogP contribution in [-0.4, -0.2) is 44.0 Å². The Bertz CT molecular complexity index is 2850. The second kappa shape index (κ2) is 16.8. The van der Waals surface area contributed by atoms with Crippen molar-refractivity contribution in [2.75, 3.05) is 19.5 Å². The van der Waals surface area contributed by atoms with Gasteiger partial charge in [-0.15, -0.1) is 0 Å². The number of rotatable bonds is 13. The first kappa shape index (κ1) is 41.1. The molecule has 8 rings (SSSR count). The highest BCUT2D eigenvalue weighted by Gasteiger charge is 2.40. The van der Waals surface area contributed by atoms with Crippen LogP contribution in [0.5, 0.6) is 17.2 Å². The van der Waals surface area contributed by atoms with Gasteiger partial charge in [0.1, 0.15) is 30.8 Å². The summed E-state index contributed by atoms with van der Waals surface area (Å²) in [6.45, 7) is -0.928. The van der Waals surface area contributed by atoms with E-state index in [0.29, 0.717) is 11.4 Å². The minimum atomic E-state index is -4.87. The van der Waals surface area contributed by atoms with E-state index in [0.717, 1.165) is 44.0 Å². The molecule has 0 atom stereocenters. The smallest absolute Gasteiger partial charge is 0.416 e. The standard InChI is InChI=1S/C47H38F4N6O5/c1-55-43-37(24-34(47(49,50)51)25-39(43)56(45(55)59)27-42(58)53-35-20-13-21-36(26-35)60-2)30-22-38(48)44(40(23-30)61-3)62-28-41-52-29-57(54-41)46(31-14-7-4-8-15-31,32-16-9-5-10-17-32)33-18-11-6-12-19-33/h4-26,29H,27-28H2,1-3H3,(H,53,58). The molecule has 0 fully saturated rings. The molecule has 0 unspecified atom stereocenters. The average Bonchev–Trinajstić information content (AvgIpc) is 3.85. The maximum Gasteiger partial charge on any atom is 0.416 e. The van der Waals surface area contributed by atoms with E-state index in [1.54, 1.807) is 35.3 Å². The number of imidazole rings is 1. The zero-order valence-corrected chi connectivity index (χ0v) is 33.6. The first-order valence-corrected chi connectivity index (χ1v) is 19.2. The number of ether oxygens (including phenoxy) is 3. The Hall–Kier alpha value is -7.68. The number of carbonyl (C=O) groups is 1. The molecule has 0 aliphatic rings. The van der Waals surface area contributed by atoms with Crippen LogP contribution in [-0.2, 0) is 36.7 Å². The van der Waals surface area contributed by atoms with E-state index < -0.39 is 41.2 Å². The van der Waals surface area contributed by atoms with Gasteiger partial charge in [0, 0.05) is 24.4 Å². The molecule has 0 saturated heterocycles. The molecule has 2 aromatic heterocycles. The SMILES string of the molecule is COc1cccc(NC(=O)Cn2c(=O)n(C)c3c(-c4cc(F)c(OCc5ncn(C(c6ccccc6)(c6ccccc6)c6ccccc6)n5)c(OC)c4)cc(C(F)(F)F)cc32)c1. The first-order valence-electron chi connectivity index (χ1n) is 19.2. The Kier molecular flexibility index (Phi) is 11.1. The molecule has 62 heavy (non-hydrogen) atoms. The lowest BCUT2D eigenvalue weighted by molar-refractivity contribution is -0.137. The fourth-order valence-electron chi connectivity index (χ4n) is 7.75. The Morgan fingerprint density at radius 2 is 1.39 bits per heavy atom. The number of benzene rings is 6. The van der Waals surface area contributed by atoms with Crippen LogP contribution in [0.2, 0.25) is 0 Å². The van der Waals surface area contributed by atoms with Gasteiger partial charge in [0.25, 0.3) is 0 Å². The maximum absolute atomic E-state index is 16.3. The van der Waals surface area contributed by atoms with Gasteiger partial charge >= 0.3 is 11.9 Å². The van der Waals surface area contributed by atoms with Gasteiger partial charge in [0.05, 0.1) is 30.8 Å². The number of alkyl halides is 3. The summed E-state index contributed by atoms with van der Waals surface area (Å²) < 4.78 is 80.2. The lowest BCUT2D eigenvalue weighted by atomic mass is 9.77. The quantitative estimate of drug-likeness (QED) is 0.0912. The summed E-state index contributed by atoms with van der Waals surface area (Å²) in [4.78, 5) is 31.3. The topological polar surface area (TPSA) is 114 Å². The number of fused-ring (bicyclic) bond motifs is 1. The molecule has 0 aliphatic heterocycles. The predicted molar refractivity (Wildman–Crippen MR) is 225 cm³/mol. The van der Waals surface area contributed by atoms with Crippen molar-refractivity contribution in [2.45, 2.75) is 24.9 Å². The normalized spacial score (nSPS) is 11.7. The highest BCUT2D eigenvalue weighted by molar-refractivity contribution is 5.96. The Morgan fingerprint density at radius 1 is 0.758 bits per heavy atom. The molecule has 0 bridgehead atoms. The summed E-state index contributed by atoms with van der Waals surface area (Å²) in [7, 11) is 4.08. The van der Waals surface area contributed by atoms with Crippen molar-refractivity contribution >= 4 is 22.6 Å². The van der Waals surface area contributed by atoms with Gasteiger partial charge in [-0.1, -0.05) is 97.1 Å². The highest BCUT2D eigenvalue weighted by atomic mass is 19.4. The molecule has 1 amide bonds. The van der Waals surface area contributed by atoms with Crippen LogP contribution in [0.15, 0.2) is 151 Å². The molecule has 1 N–H and O–H groups in total. The van der Waals surface area contributed by atoms with E-state index in [-0.39, 0.29) is 46.1 Å². The molecular formula is C47H38F4N6O5. The number of halogens is 4. The zero-order valence-electron chi connectivity index (χ0n) is 33.6. The summed E-state index contributed by atoms with van der Waals surface area (Å²) in [6.07, 6.45) is -3.29. The lowest BCUT2D eigenvalue weighted by Crippen LogP contribution is -2.38. The third-order valence-corrected chi connectivity index (χ3v) is 10.6. The van der Waals surface area contributed by atoms with Gasteiger partial charge in [-0.25, -0.2) is 18.9 Å². The Balaban J connectivity index is 1.14. The summed E-state index contributed by atoms with van der Waals surface area (Å²) in [5.74, 6) is -1.45. The van der Waals surface area contributed by atoms with Crippen LogP contribution in [0.25, 0.3) is 22.2 Å². The van der Waals surface area contributed by atoms with Gasteiger partial charge in [-0.3, -0.25) is 13.9 Å². The molecule has 6 aromatic carbocycles. The van der Waals surface area contributed by atoms with E-state index in [2.05, 4.69) is 10.3 Å². The number of hydrogen-bond donors (Lipinski definition) is 1. The fraction of sp³-hybridized carbons (Fsp3) is 0.149. The predicted octanol–water partition coefficient (Wildman–Crippen LogP) is 8.83. The van der Waals surface area contributed by atoms with Gasteiger partial charge in [-0.2, -0.15) is 18.3 Å². The van der Waals surface area contributed by atoms with Crippen LogP contribution in [0.1, 0.15) is 28.1 Å². The van der Waals surface area contributed by atoms with Crippen molar-refractivity contribution in [1.82, 2.24) is 23.9 Å². The molecule has 0 saturated carbocycles. The van der Waals surface area contributed by atoms with E-state index in [1.807, 2.05) is 91.0 Å². The van der Waals surface area contributed by atoms with E-state index in [1.165, 1.54) is 27.3 Å². The van der Waals surface area contributed by atoms with Gasteiger partial charge in [-0.05, 0) is 58.7 Å². The van der Waals surface area contributed by atoms with Crippen molar-refractivity contribution in [3.63, 3.8) is 0 Å². The summed E-state index contributed by atoms with van der Waals surface area (Å²) in [5, 5.41) is 7.50. The number of nitrogens with zero attached hydrogens (tertiary/aromatic N) is 5. The monoisotopic (exact) mass is 842 g/mol. The third-order valence-electron chi connectivity index (χ3n) is 10.6. The minimum Gasteiger partial charge on any atom is -0.497 e. The van der Waals surface area contributed by atoms with E-state index in [9.17, 15) is 22.8 Å². The summed E-state index contributed by atoms with van der Waals surface area (Å²) in [6, 6.07) is 39.9. The van der Waals surface area contributed by atoms with Gasteiger partial charge in [0.15, 0.2) is 23.1 Å². The van der Waals surface area contributed by atoms with Gasteiger partial charge in [0.2, 0.25) is 5.91 Å². The first-order chi connectivity index (χ1) is 29.9. The summed E-state index contributed by atoms with van der Waals surface area (Å²) >= 11 is 0. The second-order valence-corrected chi connectivity index (χ2v) is 14.3. The molecule has 8 aromatic rings. The van der Waals surface area contributed by atoms with Crippen LogP contribution < -0.4 is 25.2 Å². The second-order valence-electron chi connectivity index (χ2n) is 14.3. The van der Waals surface area contributed by atoms with E-state index >= 15 is 4.39 Å². The van der Waals surface area contributed by atoms with Crippen LogP contribution in [0.4, 0.5) is 23.2 Å². The van der Waals surface area contributed by atoms with Crippen LogP contribution >= 0.6 is 0 Å². The highest BCUT2D eigenvalue weighted by Crippen LogP contribution is 2.42. The van der Waals surface area contributed by atoms with Crippen molar-refractivity contribution in [3.8, 4) is 28.4 Å². The van der Waals surface area contributed by atoms with Crippen molar-refractivity contribution in [3.05, 3.63) is 190 Å². The third kappa shape index (κ3) is 7.64. The molecule has 2 heterocycles. The molecule has 314 valence electrons. The number of carbonyl (C=O) groups excluding carboxylic acids is 1. The van der Waals surface area contributed by atoms with Gasteiger partial charge < -0.3 is 19.5 Å². The number of hydrogen-bond acceptors (Lipinski definition) is 7. The fourth-order valence-corrected chi connectivity index (χ4v) is 7.75. The molecule has 15 heteroatoms. The number of amides is 1. The Labute approximate surface area is 352 Å². The number of aryl methyl sites for hydroxylation is 1. The molecular weight excluding hydrogens is 805 g/mol. The average molecular weight is 843 g/mol. The Morgan fingerprint density at radius 3 is 1.97 bits per heavy atom. The van der Waals surface area contributed by atoms with Crippen molar-refractivity contribution in [2.24, 2.45) is 7.05 Å². The molecule has 0 aliphatic carbocycles. The number of nitrogens with one attached hydrogen (secondary N) is 1. The lowest BCUT2D eigenvalue weighted by Gasteiger charge is -2.35. The minimum absolute atomic E-state index is 0.0285. The van der Waals surface area contributed by atoms with Crippen LogP contribution in [0.3, 0.4) is 0 Å².